The predicted molar refractivity (Wildman–Crippen MR) is 65.1 cm³/mol. The van der Waals surface area contributed by atoms with Crippen molar-refractivity contribution in [1.29, 1.82) is 0 Å². The number of amides is 1. The Morgan fingerprint density at radius 1 is 1.47 bits per heavy atom. The van der Waals surface area contributed by atoms with Crippen LogP contribution in [-0.2, 0) is 4.74 Å². The van der Waals surface area contributed by atoms with E-state index in [0.29, 0.717) is 18.7 Å². The van der Waals surface area contributed by atoms with Crippen molar-refractivity contribution >= 4 is 5.91 Å². The average Bonchev–Trinajstić information content (AvgIpc) is 2.28. The Bertz CT molecular complexity index is 406. The van der Waals surface area contributed by atoms with Crippen LogP contribution < -0.4 is 5.56 Å². The standard InChI is InChI=1S/C12H18N2O3/c1-9(2)17-7-6-14(3)12(16)10-4-5-11(15)13-8-10/h4-5,8-9H,6-7H2,1-3H3,(H,13,15). The highest BCUT2D eigenvalue weighted by Gasteiger charge is 2.11. The molecule has 1 rings (SSSR count). The molecular formula is C12H18N2O3. The molecule has 5 heteroatoms. The van der Waals surface area contributed by atoms with Crippen molar-refractivity contribution in [3.63, 3.8) is 0 Å². The first-order valence-corrected chi connectivity index (χ1v) is 5.56. The van der Waals surface area contributed by atoms with Gasteiger partial charge in [-0.05, 0) is 19.9 Å². The normalized spacial score (nSPS) is 10.6. The second kappa shape index (κ2) is 6.20. The number of hydrogen-bond acceptors (Lipinski definition) is 3. The quantitative estimate of drug-likeness (QED) is 0.828. The number of rotatable bonds is 5. The Morgan fingerprint density at radius 3 is 2.71 bits per heavy atom. The van der Waals surface area contributed by atoms with Gasteiger partial charge in [-0.1, -0.05) is 0 Å². The first-order valence-electron chi connectivity index (χ1n) is 5.56. The second-order valence-corrected chi connectivity index (χ2v) is 4.09. The molecule has 0 bridgehead atoms. The number of likely N-dealkylation sites (N-methyl/N-ethyl adjacent to an activating group) is 1. The number of carbonyl (C=O) groups excluding carboxylic acids is 1. The minimum atomic E-state index is -0.215. The topological polar surface area (TPSA) is 62.4 Å². The predicted octanol–water partition coefficient (Wildman–Crippen LogP) is 0.872. The molecule has 0 aromatic carbocycles. The summed E-state index contributed by atoms with van der Waals surface area (Å²) in [5.74, 6) is -0.131. The highest BCUT2D eigenvalue weighted by atomic mass is 16.5. The third-order valence-electron chi connectivity index (χ3n) is 2.26. The minimum absolute atomic E-state index is 0.131. The summed E-state index contributed by atoms with van der Waals surface area (Å²) in [6, 6.07) is 2.85. The van der Waals surface area contributed by atoms with E-state index in [9.17, 15) is 9.59 Å². The van der Waals surface area contributed by atoms with Crippen molar-refractivity contribution < 1.29 is 9.53 Å². The molecule has 1 aromatic rings. The zero-order chi connectivity index (χ0) is 12.8. The summed E-state index contributed by atoms with van der Waals surface area (Å²) in [5.41, 5.74) is 0.254. The van der Waals surface area contributed by atoms with E-state index in [1.54, 1.807) is 11.9 Å². The van der Waals surface area contributed by atoms with Crippen LogP contribution in [0.3, 0.4) is 0 Å². The van der Waals surface area contributed by atoms with Crippen molar-refractivity contribution in [1.82, 2.24) is 9.88 Å². The summed E-state index contributed by atoms with van der Waals surface area (Å²) < 4.78 is 5.37. The Balaban J connectivity index is 2.52. The molecule has 0 unspecified atom stereocenters. The highest BCUT2D eigenvalue weighted by Crippen LogP contribution is 2.00. The van der Waals surface area contributed by atoms with Gasteiger partial charge in [0.15, 0.2) is 0 Å². The van der Waals surface area contributed by atoms with Crippen LogP contribution in [0.2, 0.25) is 0 Å². The van der Waals surface area contributed by atoms with E-state index in [2.05, 4.69) is 4.98 Å². The summed E-state index contributed by atoms with van der Waals surface area (Å²) in [6.45, 7) is 4.92. The number of pyridine rings is 1. The molecule has 0 aliphatic carbocycles. The summed E-state index contributed by atoms with van der Waals surface area (Å²) >= 11 is 0. The third kappa shape index (κ3) is 4.40. The van der Waals surface area contributed by atoms with Gasteiger partial charge in [-0.15, -0.1) is 0 Å². The summed E-state index contributed by atoms with van der Waals surface area (Å²) in [6.07, 6.45) is 1.58. The van der Waals surface area contributed by atoms with E-state index >= 15 is 0 Å². The van der Waals surface area contributed by atoms with Crippen LogP contribution in [-0.4, -0.2) is 42.1 Å². The molecule has 1 amide bonds. The number of nitrogens with zero attached hydrogens (tertiary/aromatic N) is 1. The molecule has 0 aliphatic heterocycles. The van der Waals surface area contributed by atoms with Gasteiger partial charge in [-0.25, -0.2) is 0 Å². The van der Waals surface area contributed by atoms with Crippen LogP contribution in [0.5, 0.6) is 0 Å². The van der Waals surface area contributed by atoms with Crippen molar-refractivity contribution in [2.24, 2.45) is 0 Å². The zero-order valence-corrected chi connectivity index (χ0v) is 10.4. The summed E-state index contributed by atoms with van der Waals surface area (Å²) in [5, 5.41) is 0. The number of aromatic nitrogens is 1. The van der Waals surface area contributed by atoms with Crippen molar-refractivity contribution in [2.45, 2.75) is 20.0 Å². The highest BCUT2D eigenvalue weighted by molar-refractivity contribution is 5.93. The molecule has 1 aromatic heterocycles. The van der Waals surface area contributed by atoms with Crippen LogP contribution in [0.25, 0.3) is 0 Å². The lowest BCUT2D eigenvalue weighted by Gasteiger charge is -2.17. The van der Waals surface area contributed by atoms with E-state index in [-0.39, 0.29) is 17.6 Å². The molecule has 0 saturated carbocycles. The van der Waals surface area contributed by atoms with Gasteiger partial charge in [0.1, 0.15) is 0 Å². The molecule has 94 valence electrons. The maximum absolute atomic E-state index is 11.9. The Hall–Kier alpha value is -1.62. The Kier molecular flexibility index (Phi) is 4.90. The summed E-state index contributed by atoms with van der Waals surface area (Å²) in [4.78, 5) is 26.8. The maximum atomic E-state index is 11.9. The van der Waals surface area contributed by atoms with Gasteiger partial charge in [0, 0.05) is 25.9 Å². The lowest BCUT2D eigenvalue weighted by Crippen LogP contribution is -2.31. The average molecular weight is 238 g/mol. The van der Waals surface area contributed by atoms with E-state index in [1.165, 1.54) is 18.3 Å². The third-order valence-corrected chi connectivity index (χ3v) is 2.26. The molecular weight excluding hydrogens is 220 g/mol. The molecule has 0 radical (unpaired) electrons. The summed E-state index contributed by atoms with van der Waals surface area (Å²) in [7, 11) is 1.71. The first kappa shape index (κ1) is 13.4. The smallest absolute Gasteiger partial charge is 0.255 e. The van der Waals surface area contributed by atoms with Crippen LogP contribution in [0, 0.1) is 0 Å². The van der Waals surface area contributed by atoms with Gasteiger partial charge in [-0.3, -0.25) is 9.59 Å². The lowest BCUT2D eigenvalue weighted by atomic mass is 10.2. The van der Waals surface area contributed by atoms with Crippen molar-refractivity contribution in [3.8, 4) is 0 Å². The van der Waals surface area contributed by atoms with E-state index in [4.69, 9.17) is 4.74 Å². The molecule has 1 N–H and O–H groups in total. The van der Waals surface area contributed by atoms with Crippen LogP contribution in [0.4, 0.5) is 0 Å². The van der Waals surface area contributed by atoms with Crippen molar-refractivity contribution in [2.75, 3.05) is 20.2 Å². The molecule has 0 fully saturated rings. The zero-order valence-electron chi connectivity index (χ0n) is 10.4. The van der Waals surface area contributed by atoms with Gasteiger partial charge in [0.25, 0.3) is 5.91 Å². The van der Waals surface area contributed by atoms with E-state index in [0.717, 1.165) is 0 Å². The van der Waals surface area contributed by atoms with E-state index in [1.807, 2.05) is 13.8 Å². The van der Waals surface area contributed by atoms with Gasteiger partial charge in [-0.2, -0.15) is 0 Å². The van der Waals surface area contributed by atoms with Gasteiger partial charge >= 0.3 is 0 Å². The first-order chi connectivity index (χ1) is 8.00. The molecule has 0 saturated heterocycles. The number of hydrogen-bond donors (Lipinski definition) is 1. The number of carbonyl (C=O) groups is 1. The fraction of sp³-hybridized carbons (Fsp3) is 0.500. The van der Waals surface area contributed by atoms with Gasteiger partial charge in [0.2, 0.25) is 5.56 Å². The Morgan fingerprint density at radius 2 is 2.18 bits per heavy atom. The maximum Gasteiger partial charge on any atom is 0.255 e. The van der Waals surface area contributed by atoms with Crippen LogP contribution in [0.15, 0.2) is 23.1 Å². The SMILES string of the molecule is CC(C)OCCN(C)C(=O)c1ccc(=O)[nH]c1. The second-order valence-electron chi connectivity index (χ2n) is 4.09. The molecule has 1 heterocycles. The Labute approximate surface area is 100 Å². The van der Waals surface area contributed by atoms with Gasteiger partial charge in [0.05, 0.1) is 18.3 Å². The molecule has 0 atom stereocenters. The molecule has 0 aliphatic rings. The largest absolute Gasteiger partial charge is 0.377 e. The fourth-order valence-corrected chi connectivity index (χ4v) is 1.29. The van der Waals surface area contributed by atoms with Crippen LogP contribution in [0.1, 0.15) is 24.2 Å². The monoisotopic (exact) mass is 238 g/mol. The molecule has 5 nitrogen and oxygen atoms in total. The van der Waals surface area contributed by atoms with Crippen molar-refractivity contribution in [3.05, 3.63) is 34.2 Å². The fourth-order valence-electron chi connectivity index (χ4n) is 1.29. The number of H-pyrrole nitrogens is 1. The minimum Gasteiger partial charge on any atom is -0.377 e. The van der Waals surface area contributed by atoms with Gasteiger partial charge < -0.3 is 14.6 Å². The number of ether oxygens (including phenoxy) is 1. The molecule has 17 heavy (non-hydrogen) atoms. The van der Waals surface area contributed by atoms with E-state index < -0.39 is 0 Å². The lowest BCUT2D eigenvalue weighted by molar-refractivity contribution is 0.0532. The molecule has 0 spiro atoms. The van der Waals surface area contributed by atoms with Crippen LogP contribution >= 0.6 is 0 Å². The number of aromatic amines is 1. The number of nitrogens with one attached hydrogen (secondary N) is 1.